The van der Waals surface area contributed by atoms with Crippen LogP contribution in [-0.2, 0) is 11.2 Å². The molecule has 1 rings (SSSR count). The number of thiophene rings is 1. The molecule has 0 saturated carbocycles. The number of nitrogens with one attached hydrogen (secondary N) is 2. The Morgan fingerprint density at radius 2 is 2.12 bits per heavy atom. The number of hydrogen-bond acceptors (Lipinski definition) is 3. The first-order valence-electron chi connectivity index (χ1n) is 5.69. The zero-order chi connectivity index (χ0) is 11.8. The van der Waals surface area contributed by atoms with Crippen LogP contribution >= 0.6 is 23.7 Å². The number of carbonyl (C=O) groups excluding carboxylic acids is 1. The van der Waals surface area contributed by atoms with Gasteiger partial charge in [-0.15, -0.1) is 23.7 Å². The van der Waals surface area contributed by atoms with Gasteiger partial charge in [-0.1, -0.05) is 0 Å². The fourth-order valence-electron chi connectivity index (χ4n) is 1.46. The van der Waals surface area contributed by atoms with Gasteiger partial charge in [0.05, 0.1) is 0 Å². The first-order chi connectivity index (χ1) is 7.72. The molecule has 3 nitrogen and oxygen atoms in total. The number of aryl methyl sites for hydroxylation is 2. The van der Waals surface area contributed by atoms with Gasteiger partial charge in [-0.05, 0) is 38.9 Å². The predicted molar refractivity (Wildman–Crippen MR) is 76.2 cm³/mol. The maximum absolute atomic E-state index is 11.4. The van der Waals surface area contributed by atoms with Gasteiger partial charge in [0.15, 0.2) is 0 Å². The van der Waals surface area contributed by atoms with E-state index in [0.29, 0.717) is 13.0 Å². The molecule has 17 heavy (non-hydrogen) atoms. The maximum atomic E-state index is 11.4. The second kappa shape index (κ2) is 9.45. The van der Waals surface area contributed by atoms with Gasteiger partial charge in [0.25, 0.3) is 0 Å². The quantitative estimate of drug-likeness (QED) is 0.749. The van der Waals surface area contributed by atoms with E-state index in [1.54, 1.807) is 0 Å². The zero-order valence-corrected chi connectivity index (χ0v) is 12.0. The molecule has 1 aromatic rings. The average Bonchev–Trinajstić information content (AvgIpc) is 2.65. The lowest BCUT2D eigenvalue weighted by Crippen LogP contribution is -2.30. The monoisotopic (exact) mass is 276 g/mol. The highest BCUT2D eigenvalue weighted by Gasteiger charge is 2.01. The molecule has 0 fully saturated rings. The van der Waals surface area contributed by atoms with Crippen LogP contribution in [0.4, 0.5) is 0 Å². The van der Waals surface area contributed by atoms with Gasteiger partial charge < -0.3 is 10.6 Å². The molecule has 0 aliphatic carbocycles. The normalized spacial score (nSPS) is 9.76. The van der Waals surface area contributed by atoms with E-state index in [1.807, 2.05) is 18.4 Å². The molecule has 0 aromatic carbocycles. The summed E-state index contributed by atoms with van der Waals surface area (Å²) in [6, 6.07) is 4.28. The smallest absolute Gasteiger partial charge is 0.220 e. The second-order valence-corrected chi connectivity index (χ2v) is 5.19. The fourth-order valence-corrected chi connectivity index (χ4v) is 2.39. The lowest BCUT2D eigenvalue weighted by atomic mass is 10.2. The minimum atomic E-state index is 0. The van der Waals surface area contributed by atoms with E-state index in [1.165, 1.54) is 9.75 Å². The van der Waals surface area contributed by atoms with Crippen LogP contribution in [0, 0.1) is 6.92 Å². The summed E-state index contributed by atoms with van der Waals surface area (Å²) in [5.74, 6) is 0.156. The Kier molecular flexibility index (Phi) is 9.13. The third-order valence-electron chi connectivity index (χ3n) is 2.32. The van der Waals surface area contributed by atoms with Crippen molar-refractivity contribution in [2.45, 2.75) is 26.2 Å². The Morgan fingerprint density at radius 3 is 2.71 bits per heavy atom. The van der Waals surface area contributed by atoms with Crippen LogP contribution in [0.3, 0.4) is 0 Å². The summed E-state index contributed by atoms with van der Waals surface area (Å²) >= 11 is 1.82. The largest absolute Gasteiger partial charge is 0.355 e. The predicted octanol–water partition coefficient (Wildman–Crippen LogP) is 2.14. The molecular weight excluding hydrogens is 256 g/mol. The third-order valence-corrected chi connectivity index (χ3v) is 3.38. The van der Waals surface area contributed by atoms with E-state index in [-0.39, 0.29) is 18.3 Å². The highest BCUT2D eigenvalue weighted by molar-refractivity contribution is 7.11. The molecule has 1 aromatic heterocycles. The van der Waals surface area contributed by atoms with Crippen LogP contribution in [0.25, 0.3) is 0 Å². The number of halogens is 1. The first-order valence-corrected chi connectivity index (χ1v) is 6.50. The minimum Gasteiger partial charge on any atom is -0.355 e. The van der Waals surface area contributed by atoms with Crippen molar-refractivity contribution < 1.29 is 4.79 Å². The van der Waals surface area contributed by atoms with Crippen molar-refractivity contribution in [3.05, 3.63) is 21.9 Å². The Bertz CT molecular complexity index is 328. The number of carbonyl (C=O) groups is 1. The van der Waals surface area contributed by atoms with E-state index in [2.05, 4.69) is 29.7 Å². The van der Waals surface area contributed by atoms with Crippen molar-refractivity contribution in [1.29, 1.82) is 0 Å². The SMILES string of the molecule is CNCCNC(=O)CCCc1ccc(C)s1.Cl. The van der Waals surface area contributed by atoms with E-state index in [9.17, 15) is 4.79 Å². The molecule has 0 radical (unpaired) electrons. The van der Waals surface area contributed by atoms with Crippen molar-refractivity contribution in [3.8, 4) is 0 Å². The van der Waals surface area contributed by atoms with Gasteiger partial charge in [-0.2, -0.15) is 0 Å². The van der Waals surface area contributed by atoms with Crippen LogP contribution in [0.5, 0.6) is 0 Å². The molecule has 1 amide bonds. The van der Waals surface area contributed by atoms with Crippen molar-refractivity contribution in [3.63, 3.8) is 0 Å². The highest BCUT2D eigenvalue weighted by Crippen LogP contribution is 2.17. The summed E-state index contributed by atoms with van der Waals surface area (Å²) < 4.78 is 0. The lowest BCUT2D eigenvalue weighted by Gasteiger charge is -2.03. The molecule has 98 valence electrons. The Hall–Kier alpha value is -0.580. The number of rotatable bonds is 7. The Morgan fingerprint density at radius 1 is 1.35 bits per heavy atom. The topological polar surface area (TPSA) is 41.1 Å². The number of hydrogen-bond donors (Lipinski definition) is 2. The summed E-state index contributed by atoms with van der Waals surface area (Å²) in [6.45, 7) is 3.65. The molecule has 2 N–H and O–H groups in total. The van der Waals surface area contributed by atoms with E-state index in [0.717, 1.165) is 19.4 Å². The second-order valence-electron chi connectivity index (χ2n) is 3.82. The van der Waals surface area contributed by atoms with Crippen LogP contribution in [0.2, 0.25) is 0 Å². The lowest BCUT2D eigenvalue weighted by molar-refractivity contribution is -0.121. The zero-order valence-electron chi connectivity index (χ0n) is 10.4. The van der Waals surface area contributed by atoms with E-state index >= 15 is 0 Å². The molecule has 1 heterocycles. The number of amides is 1. The van der Waals surface area contributed by atoms with Crippen LogP contribution in [0.1, 0.15) is 22.6 Å². The summed E-state index contributed by atoms with van der Waals surface area (Å²) in [5, 5.41) is 5.87. The highest BCUT2D eigenvalue weighted by atomic mass is 35.5. The Balaban J connectivity index is 0.00000256. The summed E-state index contributed by atoms with van der Waals surface area (Å²) in [4.78, 5) is 14.1. The molecule has 5 heteroatoms. The molecule has 0 spiro atoms. The molecule has 0 bridgehead atoms. The van der Waals surface area contributed by atoms with Crippen LogP contribution < -0.4 is 10.6 Å². The molecular formula is C12H21ClN2OS. The van der Waals surface area contributed by atoms with Gasteiger partial charge in [-0.3, -0.25) is 4.79 Å². The first kappa shape index (κ1) is 16.4. The minimum absolute atomic E-state index is 0. The summed E-state index contributed by atoms with van der Waals surface area (Å²) in [6.07, 6.45) is 2.57. The maximum Gasteiger partial charge on any atom is 0.220 e. The van der Waals surface area contributed by atoms with Gasteiger partial charge in [0, 0.05) is 29.3 Å². The molecule has 0 aliphatic rings. The van der Waals surface area contributed by atoms with Gasteiger partial charge >= 0.3 is 0 Å². The summed E-state index contributed by atoms with van der Waals surface area (Å²) in [7, 11) is 1.88. The van der Waals surface area contributed by atoms with Gasteiger partial charge in [0.2, 0.25) is 5.91 Å². The fraction of sp³-hybridized carbons (Fsp3) is 0.583. The molecule has 0 saturated heterocycles. The van der Waals surface area contributed by atoms with Crippen molar-refractivity contribution >= 4 is 29.7 Å². The van der Waals surface area contributed by atoms with Crippen LogP contribution in [0.15, 0.2) is 12.1 Å². The van der Waals surface area contributed by atoms with E-state index in [4.69, 9.17) is 0 Å². The summed E-state index contributed by atoms with van der Waals surface area (Å²) in [5.41, 5.74) is 0. The average molecular weight is 277 g/mol. The van der Waals surface area contributed by atoms with Crippen molar-refractivity contribution in [1.82, 2.24) is 10.6 Å². The molecule has 0 aliphatic heterocycles. The van der Waals surface area contributed by atoms with Crippen LogP contribution in [-0.4, -0.2) is 26.0 Å². The third kappa shape index (κ3) is 7.36. The molecule has 0 unspecified atom stereocenters. The van der Waals surface area contributed by atoms with Crippen molar-refractivity contribution in [2.24, 2.45) is 0 Å². The van der Waals surface area contributed by atoms with E-state index < -0.39 is 0 Å². The standard InChI is InChI=1S/C12H20N2OS.ClH/c1-10-6-7-11(16-10)4-3-5-12(15)14-9-8-13-2;/h6-7,13H,3-5,8-9H2,1-2H3,(H,14,15);1H. The Labute approximate surface area is 113 Å². The number of likely N-dealkylation sites (N-methyl/N-ethyl adjacent to an activating group) is 1. The van der Waals surface area contributed by atoms with Gasteiger partial charge in [-0.25, -0.2) is 0 Å². The van der Waals surface area contributed by atoms with Gasteiger partial charge in [0.1, 0.15) is 0 Å². The van der Waals surface area contributed by atoms with Crippen molar-refractivity contribution in [2.75, 3.05) is 20.1 Å². The molecule has 0 atom stereocenters.